The van der Waals surface area contributed by atoms with Crippen LogP contribution >= 0.6 is 39.9 Å². The Morgan fingerprint density at radius 3 is 2.67 bits per heavy atom. The standard InChI is InChI=1S/C18H14BrNO2S2/c1-20-17(21)16(24-18(20)23)10-13-9-14(19)7-8-15(13)22-11-12-5-3-2-4-6-12/h2-10H,11H2,1H3/b16-10+. The summed E-state index contributed by atoms with van der Waals surface area (Å²) in [4.78, 5) is 14.3. The Balaban J connectivity index is 1.86. The van der Waals surface area contributed by atoms with Gasteiger partial charge in [-0.05, 0) is 29.8 Å². The Morgan fingerprint density at radius 1 is 1.25 bits per heavy atom. The molecular weight excluding hydrogens is 406 g/mol. The van der Waals surface area contributed by atoms with Crippen LogP contribution in [0.15, 0.2) is 57.9 Å². The number of likely N-dealkylation sites (N-methyl/N-ethyl adjacent to an activating group) is 1. The Bertz CT molecular complexity index is 821. The summed E-state index contributed by atoms with van der Waals surface area (Å²) < 4.78 is 7.43. The van der Waals surface area contributed by atoms with Crippen molar-refractivity contribution in [2.24, 2.45) is 0 Å². The fraction of sp³-hybridized carbons (Fsp3) is 0.111. The molecule has 0 unspecified atom stereocenters. The molecule has 1 amide bonds. The third kappa shape index (κ3) is 3.88. The zero-order valence-corrected chi connectivity index (χ0v) is 16.1. The molecule has 24 heavy (non-hydrogen) atoms. The molecule has 3 rings (SSSR count). The molecule has 0 atom stereocenters. The first kappa shape index (κ1) is 17.2. The second kappa shape index (κ2) is 7.51. The van der Waals surface area contributed by atoms with Gasteiger partial charge in [-0.1, -0.05) is 70.2 Å². The van der Waals surface area contributed by atoms with E-state index in [4.69, 9.17) is 17.0 Å². The number of hydrogen-bond acceptors (Lipinski definition) is 4. The van der Waals surface area contributed by atoms with E-state index in [1.54, 1.807) is 7.05 Å². The summed E-state index contributed by atoms with van der Waals surface area (Å²) in [6, 6.07) is 15.7. The molecule has 6 heteroatoms. The number of thiocarbonyl (C=S) groups is 1. The zero-order chi connectivity index (χ0) is 17.1. The SMILES string of the molecule is CN1C(=O)/C(=C\c2cc(Br)ccc2OCc2ccccc2)SC1=S. The molecule has 0 radical (unpaired) electrons. The van der Waals surface area contributed by atoms with Gasteiger partial charge in [0.15, 0.2) is 0 Å². The Labute approximate surface area is 158 Å². The number of rotatable bonds is 4. The third-order valence-corrected chi connectivity index (χ3v) is 5.46. The summed E-state index contributed by atoms with van der Waals surface area (Å²) in [6.07, 6.45) is 1.83. The van der Waals surface area contributed by atoms with E-state index in [1.165, 1.54) is 16.7 Å². The van der Waals surface area contributed by atoms with Gasteiger partial charge in [0.2, 0.25) is 0 Å². The van der Waals surface area contributed by atoms with Gasteiger partial charge in [-0.15, -0.1) is 0 Å². The van der Waals surface area contributed by atoms with Crippen molar-refractivity contribution in [2.75, 3.05) is 7.05 Å². The van der Waals surface area contributed by atoms with Crippen LogP contribution < -0.4 is 4.74 Å². The number of halogens is 1. The molecule has 0 N–H and O–H groups in total. The highest BCUT2D eigenvalue weighted by molar-refractivity contribution is 9.10. The van der Waals surface area contributed by atoms with E-state index in [-0.39, 0.29) is 5.91 Å². The lowest BCUT2D eigenvalue weighted by atomic mass is 10.1. The number of carbonyl (C=O) groups excluding carboxylic acids is 1. The van der Waals surface area contributed by atoms with Crippen LogP contribution in [0.3, 0.4) is 0 Å². The molecule has 1 saturated heterocycles. The molecule has 0 aromatic heterocycles. The second-order valence-electron chi connectivity index (χ2n) is 5.20. The quantitative estimate of drug-likeness (QED) is 0.522. The number of thioether (sulfide) groups is 1. The predicted octanol–water partition coefficient (Wildman–Crippen LogP) is 4.86. The van der Waals surface area contributed by atoms with Gasteiger partial charge in [-0.25, -0.2) is 0 Å². The van der Waals surface area contributed by atoms with Crippen LogP contribution in [0, 0.1) is 0 Å². The van der Waals surface area contributed by atoms with Gasteiger partial charge >= 0.3 is 0 Å². The molecule has 1 heterocycles. The fourth-order valence-corrected chi connectivity index (χ4v) is 3.73. The lowest BCUT2D eigenvalue weighted by Gasteiger charge is -2.10. The summed E-state index contributed by atoms with van der Waals surface area (Å²) in [7, 11) is 1.69. The van der Waals surface area contributed by atoms with Crippen LogP contribution in [0.5, 0.6) is 5.75 Å². The summed E-state index contributed by atoms with van der Waals surface area (Å²) in [5.41, 5.74) is 1.93. The minimum atomic E-state index is -0.0843. The highest BCUT2D eigenvalue weighted by Crippen LogP contribution is 2.34. The number of hydrogen-bond donors (Lipinski definition) is 0. The number of carbonyl (C=O) groups is 1. The number of amides is 1. The monoisotopic (exact) mass is 419 g/mol. The van der Waals surface area contributed by atoms with Crippen molar-refractivity contribution in [3.05, 3.63) is 69.0 Å². The second-order valence-corrected chi connectivity index (χ2v) is 7.79. The number of benzene rings is 2. The molecule has 1 aliphatic rings. The van der Waals surface area contributed by atoms with Crippen molar-refractivity contribution >= 4 is 56.2 Å². The molecular formula is C18H14BrNO2S2. The number of ether oxygens (including phenoxy) is 1. The molecule has 0 saturated carbocycles. The van der Waals surface area contributed by atoms with Gasteiger partial charge < -0.3 is 4.74 Å². The molecule has 2 aromatic rings. The summed E-state index contributed by atoms with van der Waals surface area (Å²) >= 11 is 9.94. The van der Waals surface area contributed by atoms with Crippen LogP contribution in [0.4, 0.5) is 0 Å². The Kier molecular flexibility index (Phi) is 5.38. The molecule has 1 fully saturated rings. The largest absolute Gasteiger partial charge is 0.488 e. The molecule has 0 bridgehead atoms. The van der Waals surface area contributed by atoms with Crippen molar-refractivity contribution < 1.29 is 9.53 Å². The molecule has 1 aliphatic heterocycles. The van der Waals surface area contributed by atoms with Crippen molar-refractivity contribution in [2.45, 2.75) is 6.61 Å². The summed E-state index contributed by atoms with van der Waals surface area (Å²) in [5, 5.41) is 0. The maximum atomic E-state index is 12.2. The lowest BCUT2D eigenvalue weighted by Crippen LogP contribution is -2.22. The van der Waals surface area contributed by atoms with Crippen LogP contribution in [0.1, 0.15) is 11.1 Å². The summed E-state index contributed by atoms with van der Waals surface area (Å²) in [5.74, 6) is 0.641. The van der Waals surface area contributed by atoms with E-state index in [0.717, 1.165) is 21.3 Å². The van der Waals surface area contributed by atoms with Crippen molar-refractivity contribution in [3.63, 3.8) is 0 Å². The first-order valence-electron chi connectivity index (χ1n) is 7.22. The van der Waals surface area contributed by atoms with Gasteiger partial charge in [0.25, 0.3) is 5.91 Å². The summed E-state index contributed by atoms with van der Waals surface area (Å²) in [6.45, 7) is 0.470. The maximum absolute atomic E-state index is 12.2. The molecule has 0 aliphatic carbocycles. The highest BCUT2D eigenvalue weighted by atomic mass is 79.9. The van der Waals surface area contributed by atoms with Crippen LogP contribution in [0.2, 0.25) is 0 Å². The first-order valence-corrected chi connectivity index (χ1v) is 9.24. The van der Waals surface area contributed by atoms with Crippen LogP contribution in [0.25, 0.3) is 6.08 Å². The van der Waals surface area contributed by atoms with E-state index < -0.39 is 0 Å². The van der Waals surface area contributed by atoms with E-state index in [0.29, 0.717) is 15.8 Å². The van der Waals surface area contributed by atoms with Gasteiger partial charge in [0.1, 0.15) is 16.7 Å². The normalized spacial score (nSPS) is 16.1. The van der Waals surface area contributed by atoms with E-state index in [9.17, 15) is 4.79 Å². The van der Waals surface area contributed by atoms with Crippen molar-refractivity contribution in [3.8, 4) is 5.75 Å². The van der Waals surface area contributed by atoms with Gasteiger partial charge in [0, 0.05) is 17.1 Å². The lowest BCUT2D eigenvalue weighted by molar-refractivity contribution is -0.121. The zero-order valence-electron chi connectivity index (χ0n) is 12.9. The maximum Gasteiger partial charge on any atom is 0.265 e. The topological polar surface area (TPSA) is 29.5 Å². The average Bonchev–Trinajstić information content (AvgIpc) is 2.82. The molecule has 122 valence electrons. The minimum Gasteiger partial charge on any atom is -0.488 e. The van der Waals surface area contributed by atoms with Crippen molar-refractivity contribution in [1.82, 2.24) is 4.90 Å². The fourth-order valence-electron chi connectivity index (χ4n) is 2.19. The van der Waals surface area contributed by atoms with Crippen molar-refractivity contribution in [1.29, 1.82) is 0 Å². The van der Waals surface area contributed by atoms with Gasteiger partial charge in [-0.3, -0.25) is 9.69 Å². The van der Waals surface area contributed by atoms with E-state index >= 15 is 0 Å². The number of nitrogens with zero attached hydrogens (tertiary/aromatic N) is 1. The average molecular weight is 420 g/mol. The predicted molar refractivity (Wildman–Crippen MR) is 106 cm³/mol. The molecule has 2 aromatic carbocycles. The van der Waals surface area contributed by atoms with E-state index in [1.807, 2.05) is 54.6 Å². The smallest absolute Gasteiger partial charge is 0.265 e. The minimum absolute atomic E-state index is 0.0843. The molecule has 3 nitrogen and oxygen atoms in total. The Hall–Kier alpha value is -1.63. The van der Waals surface area contributed by atoms with E-state index in [2.05, 4.69) is 15.9 Å². The van der Waals surface area contributed by atoms with Crippen LogP contribution in [-0.2, 0) is 11.4 Å². The van der Waals surface area contributed by atoms with Gasteiger partial charge in [-0.2, -0.15) is 0 Å². The molecule has 0 spiro atoms. The first-order chi connectivity index (χ1) is 11.5. The third-order valence-electron chi connectivity index (χ3n) is 3.48. The van der Waals surface area contributed by atoms with Crippen LogP contribution in [-0.4, -0.2) is 22.2 Å². The van der Waals surface area contributed by atoms with Gasteiger partial charge in [0.05, 0.1) is 4.91 Å². The Morgan fingerprint density at radius 2 is 2.00 bits per heavy atom. The highest BCUT2D eigenvalue weighted by Gasteiger charge is 2.28.